The third-order valence-corrected chi connectivity index (χ3v) is 2.28. The number of likely N-dealkylation sites (tertiary alicyclic amines) is 1. The molecule has 86 valence electrons. The van der Waals surface area contributed by atoms with Crippen LogP contribution in [0, 0.1) is 5.92 Å². The molecule has 1 aliphatic rings. The van der Waals surface area contributed by atoms with Crippen LogP contribution in [0.1, 0.15) is 27.7 Å². The van der Waals surface area contributed by atoms with Crippen molar-refractivity contribution in [2.75, 3.05) is 6.54 Å². The molecule has 0 spiro atoms. The van der Waals surface area contributed by atoms with E-state index in [2.05, 4.69) is 0 Å². The van der Waals surface area contributed by atoms with Crippen LogP contribution in [0.25, 0.3) is 0 Å². The fourth-order valence-corrected chi connectivity index (χ4v) is 1.64. The molecule has 1 saturated heterocycles. The van der Waals surface area contributed by atoms with Gasteiger partial charge in [0.2, 0.25) is 5.91 Å². The zero-order chi connectivity index (χ0) is 11.8. The lowest BCUT2D eigenvalue weighted by atomic mass is 9.90. The van der Waals surface area contributed by atoms with Gasteiger partial charge in [-0.05, 0) is 20.8 Å². The molecule has 2 amide bonds. The minimum absolute atomic E-state index is 0.120. The lowest BCUT2D eigenvalue weighted by Crippen LogP contribution is -2.63. The highest BCUT2D eigenvalue weighted by atomic mass is 16.6. The Bertz CT molecular complexity index is 283. The summed E-state index contributed by atoms with van der Waals surface area (Å²) < 4.78 is 5.15. The van der Waals surface area contributed by atoms with Crippen molar-refractivity contribution in [2.24, 2.45) is 11.7 Å². The van der Waals surface area contributed by atoms with Crippen molar-refractivity contribution in [2.45, 2.75) is 39.3 Å². The molecule has 2 N–H and O–H groups in total. The van der Waals surface area contributed by atoms with E-state index in [1.165, 1.54) is 4.90 Å². The highest BCUT2D eigenvalue weighted by molar-refractivity contribution is 5.86. The Morgan fingerprint density at radius 3 is 2.27 bits per heavy atom. The van der Waals surface area contributed by atoms with Gasteiger partial charge in [-0.1, -0.05) is 6.92 Å². The summed E-state index contributed by atoms with van der Waals surface area (Å²) in [7, 11) is 0. The van der Waals surface area contributed by atoms with E-state index in [0.29, 0.717) is 6.54 Å². The van der Waals surface area contributed by atoms with Crippen molar-refractivity contribution in [3.8, 4) is 0 Å². The summed E-state index contributed by atoms with van der Waals surface area (Å²) in [5.41, 5.74) is 4.65. The normalized spacial score (nSPS) is 25.7. The van der Waals surface area contributed by atoms with E-state index in [0.717, 1.165) is 0 Å². The van der Waals surface area contributed by atoms with Crippen molar-refractivity contribution in [3.63, 3.8) is 0 Å². The Morgan fingerprint density at radius 1 is 1.40 bits per heavy atom. The van der Waals surface area contributed by atoms with Gasteiger partial charge in [0.1, 0.15) is 11.6 Å². The lowest BCUT2D eigenvalue weighted by molar-refractivity contribution is -0.131. The first-order valence-electron chi connectivity index (χ1n) is 5.01. The van der Waals surface area contributed by atoms with Gasteiger partial charge >= 0.3 is 6.09 Å². The Kier molecular flexibility index (Phi) is 2.93. The number of hydrogen-bond acceptors (Lipinski definition) is 3. The lowest BCUT2D eigenvalue weighted by Gasteiger charge is -2.44. The van der Waals surface area contributed by atoms with Crippen LogP contribution in [0.15, 0.2) is 0 Å². The smallest absolute Gasteiger partial charge is 0.410 e. The first-order chi connectivity index (χ1) is 6.72. The molecule has 0 aromatic carbocycles. The predicted octanol–water partition coefficient (Wildman–Crippen LogP) is 0.727. The van der Waals surface area contributed by atoms with E-state index < -0.39 is 23.6 Å². The topological polar surface area (TPSA) is 72.6 Å². The molecule has 1 rings (SSSR count). The molecular formula is C10H18N2O3. The van der Waals surface area contributed by atoms with Crippen LogP contribution in [0.2, 0.25) is 0 Å². The van der Waals surface area contributed by atoms with E-state index in [-0.39, 0.29) is 5.92 Å². The van der Waals surface area contributed by atoms with Gasteiger partial charge in [-0.25, -0.2) is 4.79 Å². The molecule has 0 aliphatic carbocycles. The number of amides is 2. The van der Waals surface area contributed by atoms with Crippen LogP contribution < -0.4 is 5.73 Å². The molecule has 0 saturated carbocycles. The van der Waals surface area contributed by atoms with Crippen molar-refractivity contribution in [3.05, 3.63) is 0 Å². The third kappa shape index (κ3) is 2.61. The van der Waals surface area contributed by atoms with Gasteiger partial charge < -0.3 is 10.5 Å². The van der Waals surface area contributed by atoms with Gasteiger partial charge in [0.25, 0.3) is 0 Å². The number of hydrogen-bond donors (Lipinski definition) is 1. The zero-order valence-corrected chi connectivity index (χ0v) is 9.61. The van der Waals surface area contributed by atoms with E-state index in [9.17, 15) is 9.59 Å². The van der Waals surface area contributed by atoms with E-state index in [1.54, 1.807) is 20.8 Å². The highest BCUT2D eigenvalue weighted by Gasteiger charge is 2.44. The number of ether oxygens (including phenoxy) is 1. The first-order valence-corrected chi connectivity index (χ1v) is 5.01. The second kappa shape index (κ2) is 3.72. The summed E-state index contributed by atoms with van der Waals surface area (Å²) in [4.78, 5) is 24.0. The maximum absolute atomic E-state index is 11.6. The summed E-state index contributed by atoms with van der Waals surface area (Å²) in [6.07, 6.45) is -0.468. The third-order valence-electron chi connectivity index (χ3n) is 2.28. The van der Waals surface area contributed by atoms with Gasteiger partial charge in [-0.3, -0.25) is 9.69 Å². The maximum Gasteiger partial charge on any atom is 0.410 e. The van der Waals surface area contributed by atoms with E-state index >= 15 is 0 Å². The van der Waals surface area contributed by atoms with Crippen LogP contribution in [0.3, 0.4) is 0 Å². The van der Waals surface area contributed by atoms with Crippen molar-refractivity contribution in [1.29, 1.82) is 0 Å². The van der Waals surface area contributed by atoms with Crippen LogP contribution in [-0.4, -0.2) is 35.1 Å². The summed E-state index contributed by atoms with van der Waals surface area (Å²) in [6, 6.07) is -0.514. The van der Waals surface area contributed by atoms with Crippen LogP contribution in [0.4, 0.5) is 4.79 Å². The number of carbonyl (C=O) groups excluding carboxylic acids is 2. The number of rotatable bonds is 1. The summed E-state index contributed by atoms with van der Waals surface area (Å²) in [5.74, 6) is -0.352. The standard InChI is InChI=1S/C10H18N2O3/c1-6-5-12(7(6)8(11)13)9(14)15-10(2,3)4/h6-7H,5H2,1-4H3,(H2,11,13)/t6-,7-/m0/s1. The minimum Gasteiger partial charge on any atom is -0.444 e. The van der Waals surface area contributed by atoms with E-state index in [4.69, 9.17) is 10.5 Å². The molecule has 1 aliphatic heterocycles. The number of carbonyl (C=O) groups is 2. The van der Waals surface area contributed by atoms with Crippen LogP contribution >= 0.6 is 0 Å². The highest BCUT2D eigenvalue weighted by Crippen LogP contribution is 2.26. The average Bonchev–Trinajstić information content (AvgIpc) is 1.94. The molecule has 15 heavy (non-hydrogen) atoms. The van der Waals surface area contributed by atoms with Gasteiger partial charge in [0.05, 0.1) is 0 Å². The monoisotopic (exact) mass is 214 g/mol. The number of primary amides is 1. The second-order valence-corrected chi connectivity index (χ2v) is 4.96. The SMILES string of the molecule is C[C@H]1CN(C(=O)OC(C)(C)C)[C@@H]1C(N)=O. The van der Waals surface area contributed by atoms with Crippen LogP contribution in [-0.2, 0) is 9.53 Å². The molecule has 0 aromatic heterocycles. The Morgan fingerprint density at radius 2 is 1.93 bits per heavy atom. The molecular weight excluding hydrogens is 196 g/mol. The first kappa shape index (κ1) is 11.8. The second-order valence-electron chi connectivity index (χ2n) is 4.96. The molecule has 2 atom stereocenters. The molecule has 0 radical (unpaired) electrons. The summed E-state index contributed by atoms with van der Waals surface area (Å²) >= 11 is 0. The number of nitrogens with zero attached hydrogens (tertiary/aromatic N) is 1. The van der Waals surface area contributed by atoms with Gasteiger partial charge in [0, 0.05) is 12.5 Å². The summed E-state index contributed by atoms with van der Waals surface area (Å²) in [5, 5.41) is 0. The van der Waals surface area contributed by atoms with Crippen molar-refractivity contribution < 1.29 is 14.3 Å². The Labute approximate surface area is 89.6 Å². The predicted molar refractivity (Wildman–Crippen MR) is 55.1 cm³/mol. The van der Waals surface area contributed by atoms with Crippen molar-refractivity contribution >= 4 is 12.0 Å². The minimum atomic E-state index is -0.544. The molecule has 0 aromatic rings. The van der Waals surface area contributed by atoms with Gasteiger partial charge in [-0.15, -0.1) is 0 Å². The largest absolute Gasteiger partial charge is 0.444 e. The summed E-state index contributed by atoms with van der Waals surface area (Å²) in [6.45, 7) is 7.77. The Hall–Kier alpha value is -1.26. The molecule has 1 heterocycles. The van der Waals surface area contributed by atoms with E-state index in [1.807, 2.05) is 6.92 Å². The Balaban J connectivity index is 2.59. The van der Waals surface area contributed by atoms with Gasteiger partial charge in [-0.2, -0.15) is 0 Å². The zero-order valence-electron chi connectivity index (χ0n) is 9.61. The average molecular weight is 214 g/mol. The molecule has 1 fully saturated rings. The van der Waals surface area contributed by atoms with Gasteiger partial charge in [0.15, 0.2) is 0 Å². The quantitative estimate of drug-likeness (QED) is 0.699. The number of nitrogens with two attached hydrogens (primary N) is 1. The maximum atomic E-state index is 11.6. The molecule has 5 nitrogen and oxygen atoms in total. The van der Waals surface area contributed by atoms with Crippen molar-refractivity contribution in [1.82, 2.24) is 4.90 Å². The molecule has 0 bridgehead atoms. The fraction of sp³-hybridized carbons (Fsp3) is 0.800. The molecule has 5 heteroatoms. The fourth-order valence-electron chi connectivity index (χ4n) is 1.64. The van der Waals surface area contributed by atoms with Crippen LogP contribution in [0.5, 0.6) is 0 Å². The molecule has 0 unspecified atom stereocenters.